The molecule has 2 aliphatic rings. The molecule has 1 saturated carbocycles. The van der Waals surface area contributed by atoms with Crippen LogP contribution in [0.15, 0.2) is 47.5 Å². The highest BCUT2D eigenvalue weighted by atomic mass is 35.5. The van der Waals surface area contributed by atoms with Crippen LogP contribution < -0.4 is 16.4 Å². The molecule has 2 aromatic carbocycles. The third-order valence-corrected chi connectivity index (χ3v) is 8.34. The highest BCUT2D eigenvalue weighted by Crippen LogP contribution is 2.35. The van der Waals surface area contributed by atoms with Gasteiger partial charge in [-0.2, -0.15) is 0 Å². The minimum Gasteiger partial charge on any atom is -0.370 e. The lowest BCUT2D eigenvalue weighted by Crippen LogP contribution is -2.57. The average Bonchev–Trinajstić information content (AvgIpc) is 3.06. The first-order valence-corrected chi connectivity index (χ1v) is 14.6. The zero-order valence-corrected chi connectivity index (χ0v) is 24.2. The molecular formula is C30H41Cl2N5O. The Balaban J connectivity index is 1.61. The van der Waals surface area contributed by atoms with E-state index < -0.39 is 0 Å². The number of primary amides is 1. The minimum atomic E-state index is -0.378. The van der Waals surface area contributed by atoms with Crippen molar-refractivity contribution in [3.8, 4) is 0 Å². The summed E-state index contributed by atoms with van der Waals surface area (Å²) in [7, 11) is 0. The van der Waals surface area contributed by atoms with E-state index in [1.807, 2.05) is 30.3 Å². The van der Waals surface area contributed by atoms with E-state index in [9.17, 15) is 4.79 Å². The van der Waals surface area contributed by atoms with Gasteiger partial charge in [-0.05, 0) is 68.0 Å². The maximum Gasteiger partial charge on any atom is 0.218 e. The number of hydrogen-bond acceptors (Lipinski definition) is 3. The molecule has 1 amide bonds. The van der Waals surface area contributed by atoms with Crippen molar-refractivity contribution < 1.29 is 4.79 Å². The molecule has 1 saturated heterocycles. The first-order valence-electron chi connectivity index (χ1n) is 13.9. The molecule has 6 nitrogen and oxygen atoms in total. The molecule has 0 aromatic heterocycles. The van der Waals surface area contributed by atoms with Crippen molar-refractivity contribution in [1.82, 2.24) is 10.2 Å². The summed E-state index contributed by atoms with van der Waals surface area (Å²) in [5.41, 5.74) is 8.39. The van der Waals surface area contributed by atoms with Gasteiger partial charge in [0.1, 0.15) is 0 Å². The molecule has 1 aliphatic carbocycles. The van der Waals surface area contributed by atoms with E-state index >= 15 is 0 Å². The number of carbonyl (C=O) groups is 1. The van der Waals surface area contributed by atoms with Crippen LogP contribution >= 0.6 is 23.2 Å². The fourth-order valence-electron chi connectivity index (χ4n) is 5.84. The molecule has 0 spiro atoms. The summed E-state index contributed by atoms with van der Waals surface area (Å²) in [5.74, 6) is 0.900. The standard InChI is InChI=1S/C30H41Cl2N5O/c1-19-7-5-4-6-8-28(19)36-30(37-17-20(2)34-21(3)18-37)35-24-12-9-22(10-13-24)26(16-29(33)38)25-14-11-23(31)15-27(25)32/h9-15,19-21,26,28,34H,4-8,16-18H2,1-3H3,(H2,33,38)(H,35,36)/t19-,20?,21?,26?,28-/m1/s1. The van der Waals surface area contributed by atoms with Crippen LogP contribution in [-0.4, -0.2) is 48.0 Å². The Morgan fingerprint density at radius 3 is 2.39 bits per heavy atom. The Labute approximate surface area is 237 Å². The molecule has 0 radical (unpaired) electrons. The number of nitrogens with zero attached hydrogens (tertiary/aromatic N) is 2. The largest absolute Gasteiger partial charge is 0.370 e. The molecule has 0 bridgehead atoms. The van der Waals surface area contributed by atoms with E-state index in [2.05, 4.69) is 36.3 Å². The normalized spacial score (nSPS) is 25.5. The van der Waals surface area contributed by atoms with E-state index in [1.54, 1.807) is 12.1 Å². The van der Waals surface area contributed by atoms with Gasteiger partial charge >= 0.3 is 0 Å². The number of carbonyl (C=O) groups excluding carboxylic acids is 1. The predicted molar refractivity (Wildman–Crippen MR) is 159 cm³/mol. The van der Waals surface area contributed by atoms with Crippen molar-refractivity contribution in [2.24, 2.45) is 16.6 Å². The highest BCUT2D eigenvalue weighted by molar-refractivity contribution is 6.35. The molecule has 38 heavy (non-hydrogen) atoms. The van der Waals surface area contributed by atoms with Gasteiger partial charge in [0.25, 0.3) is 0 Å². The van der Waals surface area contributed by atoms with Crippen LogP contribution in [0.25, 0.3) is 0 Å². The van der Waals surface area contributed by atoms with Crippen molar-refractivity contribution in [2.45, 2.75) is 83.3 Å². The molecule has 8 heteroatoms. The van der Waals surface area contributed by atoms with E-state index in [0.717, 1.165) is 42.3 Å². The molecule has 3 unspecified atom stereocenters. The zero-order chi connectivity index (χ0) is 27.2. The molecule has 5 atom stereocenters. The van der Waals surface area contributed by atoms with Crippen molar-refractivity contribution >= 4 is 40.8 Å². The van der Waals surface area contributed by atoms with E-state index in [4.69, 9.17) is 33.9 Å². The Morgan fingerprint density at radius 2 is 1.74 bits per heavy atom. The van der Waals surface area contributed by atoms with Crippen molar-refractivity contribution in [3.63, 3.8) is 0 Å². The Morgan fingerprint density at radius 1 is 1.05 bits per heavy atom. The maximum atomic E-state index is 11.9. The fraction of sp³-hybridized carbons (Fsp3) is 0.533. The van der Waals surface area contributed by atoms with Crippen LogP contribution in [0.3, 0.4) is 0 Å². The van der Waals surface area contributed by atoms with E-state index in [-0.39, 0.29) is 18.2 Å². The second-order valence-electron chi connectivity index (χ2n) is 11.1. The van der Waals surface area contributed by atoms with Crippen LogP contribution in [0.4, 0.5) is 5.69 Å². The Hall–Kier alpha value is -2.28. The number of aliphatic imine (C=N–C) groups is 1. The number of guanidine groups is 1. The maximum absolute atomic E-state index is 11.9. The third kappa shape index (κ3) is 7.64. The SMILES string of the molecule is CC1CN(C(=N[C@@H]2CCCCC[C@H]2C)Nc2ccc(C(CC(N)=O)c3ccc(Cl)cc3Cl)cc2)CC(C)N1. The summed E-state index contributed by atoms with van der Waals surface area (Å²) in [5, 5.41) is 8.37. The van der Waals surface area contributed by atoms with Gasteiger partial charge in [0.15, 0.2) is 5.96 Å². The van der Waals surface area contributed by atoms with Gasteiger partial charge in [0.05, 0.1) is 6.04 Å². The quantitative estimate of drug-likeness (QED) is 0.217. The summed E-state index contributed by atoms with van der Waals surface area (Å²) in [6.45, 7) is 8.61. The van der Waals surface area contributed by atoms with Gasteiger partial charge < -0.3 is 21.3 Å². The summed E-state index contributed by atoms with van der Waals surface area (Å²) in [6.07, 6.45) is 6.37. The van der Waals surface area contributed by atoms with Crippen molar-refractivity contribution in [2.75, 3.05) is 18.4 Å². The number of amides is 1. The number of rotatable bonds is 6. The number of halogens is 2. The van der Waals surface area contributed by atoms with Crippen LogP contribution in [0.1, 0.15) is 76.3 Å². The third-order valence-electron chi connectivity index (χ3n) is 7.77. The molecule has 1 aliphatic heterocycles. The number of hydrogen-bond donors (Lipinski definition) is 3. The topological polar surface area (TPSA) is 82.8 Å². The highest BCUT2D eigenvalue weighted by Gasteiger charge is 2.27. The van der Waals surface area contributed by atoms with Gasteiger partial charge in [0.2, 0.25) is 5.91 Å². The van der Waals surface area contributed by atoms with Crippen LogP contribution in [0.2, 0.25) is 10.0 Å². The lowest BCUT2D eigenvalue weighted by molar-refractivity contribution is -0.118. The number of benzene rings is 2. The monoisotopic (exact) mass is 557 g/mol. The molecular weight excluding hydrogens is 517 g/mol. The first-order chi connectivity index (χ1) is 18.2. The van der Waals surface area contributed by atoms with E-state index in [1.165, 1.54) is 25.7 Å². The van der Waals surface area contributed by atoms with Gasteiger partial charge in [-0.3, -0.25) is 4.79 Å². The molecule has 4 rings (SSSR count). The number of anilines is 1. The van der Waals surface area contributed by atoms with E-state index in [0.29, 0.717) is 34.1 Å². The lowest BCUT2D eigenvalue weighted by atomic mass is 9.88. The average molecular weight is 559 g/mol. The first kappa shape index (κ1) is 28.7. The minimum absolute atomic E-state index is 0.164. The van der Waals surface area contributed by atoms with Crippen molar-refractivity contribution in [3.05, 3.63) is 63.6 Å². The molecule has 2 aromatic rings. The summed E-state index contributed by atoms with van der Waals surface area (Å²) < 4.78 is 0. The van der Waals surface area contributed by atoms with Gasteiger partial charge in [-0.1, -0.05) is 67.6 Å². The van der Waals surface area contributed by atoms with Gasteiger partial charge in [-0.25, -0.2) is 4.99 Å². The predicted octanol–water partition coefficient (Wildman–Crippen LogP) is 6.42. The van der Waals surface area contributed by atoms with Crippen LogP contribution in [0, 0.1) is 5.92 Å². The van der Waals surface area contributed by atoms with Crippen LogP contribution in [-0.2, 0) is 4.79 Å². The van der Waals surface area contributed by atoms with Gasteiger partial charge in [-0.15, -0.1) is 0 Å². The number of nitrogens with one attached hydrogen (secondary N) is 2. The lowest BCUT2D eigenvalue weighted by Gasteiger charge is -2.38. The Kier molecular flexibility index (Phi) is 9.97. The number of piperazine rings is 1. The second-order valence-corrected chi connectivity index (χ2v) is 12.0. The molecule has 206 valence electrons. The van der Waals surface area contributed by atoms with Crippen molar-refractivity contribution in [1.29, 1.82) is 0 Å². The number of nitrogens with two attached hydrogens (primary N) is 1. The molecule has 1 heterocycles. The molecule has 2 fully saturated rings. The zero-order valence-electron chi connectivity index (χ0n) is 22.7. The van der Waals surface area contributed by atoms with Gasteiger partial charge in [0, 0.05) is 53.2 Å². The second kappa shape index (κ2) is 13.2. The fourth-order valence-corrected chi connectivity index (χ4v) is 6.38. The molecule has 4 N–H and O–H groups in total. The summed E-state index contributed by atoms with van der Waals surface area (Å²) >= 11 is 12.6. The summed E-state index contributed by atoms with van der Waals surface area (Å²) in [4.78, 5) is 19.7. The Bertz CT molecular complexity index is 1110. The smallest absolute Gasteiger partial charge is 0.218 e. The van der Waals surface area contributed by atoms with Crippen LogP contribution in [0.5, 0.6) is 0 Å². The summed E-state index contributed by atoms with van der Waals surface area (Å²) in [6, 6.07) is 14.6.